The van der Waals surface area contributed by atoms with Gasteiger partial charge in [-0.1, -0.05) is 0 Å². The first-order chi connectivity index (χ1) is 10.9. The predicted octanol–water partition coefficient (Wildman–Crippen LogP) is 2.49. The van der Waals surface area contributed by atoms with Crippen molar-refractivity contribution in [1.29, 1.82) is 0 Å². The molecule has 2 aromatic rings. The van der Waals surface area contributed by atoms with Gasteiger partial charge in [-0.05, 0) is 25.1 Å². The van der Waals surface area contributed by atoms with Gasteiger partial charge in [0.15, 0.2) is 0 Å². The number of aromatic nitrogens is 2. The topological polar surface area (TPSA) is 62.3 Å². The molecule has 126 valence electrons. The van der Waals surface area contributed by atoms with E-state index >= 15 is 0 Å². The Balaban J connectivity index is 2.02. The SMILES string of the molecule is CCn1c([C@@H](N)[C@H]2COCCO2)nc2cc(C(F)(F)F)ccc21. The van der Waals surface area contributed by atoms with Gasteiger partial charge in [-0.15, -0.1) is 0 Å². The number of imidazole rings is 1. The Hall–Kier alpha value is -1.64. The van der Waals surface area contributed by atoms with Gasteiger partial charge in [0.1, 0.15) is 11.9 Å². The smallest absolute Gasteiger partial charge is 0.376 e. The molecule has 0 saturated carbocycles. The van der Waals surface area contributed by atoms with Crippen LogP contribution < -0.4 is 5.73 Å². The molecule has 3 rings (SSSR count). The minimum absolute atomic E-state index is 0.281. The van der Waals surface area contributed by atoms with E-state index in [-0.39, 0.29) is 11.6 Å². The number of hydrogen-bond donors (Lipinski definition) is 1. The molecule has 2 atom stereocenters. The Morgan fingerprint density at radius 1 is 1.39 bits per heavy atom. The summed E-state index contributed by atoms with van der Waals surface area (Å²) in [4.78, 5) is 4.34. The van der Waals surface area contributed by atoms with E-state index < -0.39 is 17.8 Å². The zero-order valence-electron chi connectivity index (χ0n) is 12.6. The van der Waals surface area contributed by atoms with Crippen LogP contribution in [-0.2, 0) is 22.2 Å². The minimum Gasteiger partial charge on any atom is -0.376 e. The molecule has 1 aromatic heterocycles. The maximum atomic E-state index is 12.9. The van der Waals surface area contributed by atoms with Crippen molar-refractivity contribution in [3.05, 3.63) is 29.6 Å². The normalized spacial score (nSPS) is 20.8. The number of hydrogen-bond acceptors (Lipinski definition) is 4. The largest absolute Gasteiger partial charge is 0.416 e. The van der Waals surface area contributed by atoms with E-state index in [0.29, 0.717) is 37.7 Å². The van der Waals surface area contributed by atoms with Gasteiger partial charge < -0.3 is 19.8 Å². The van der Waals surface area contributed by atoms with Gasteiger partial charge in [-0.2, -0.15) is 13.2 Å². The molecule has 23 heavy (non-hydrogen) atoms. The summed E-state index contributed by atoms with van der Waals surface area (Å²) in [5.41, 5.74) is 6.41. The fraction of sp³-hybridized carbons (Fsp3) is 0.533. The fourth-order valence-electron chi connectivity index (χ4n) is 2.79. The lowest BCUT2D eigenvalue weighted by Crippen LogP contribution is -2.39. The summed E-state index contributed by atoms with van der Waals surface area (Å²) < 4.78 is 51.3. The van der Waals surface area contributed by atoms with Crippen molar-refractivity contribution in [1.82, 2.24) is 9.55 Å². The van der Waals surface area contributed by atoms with Gasteiger partial charge in [0.25, 0.3) is 0 Å². The third kappa shape index (κ3) is 3.06. The molecule has 0 radical (unpaired) electrons. The number of ether oxygens (including phenoxy) is 2. The first kappa shape index (κ1) is 16.2. The number of benzene rings is 1. The number of fused-ring (bicyclic) bond motifs is 1. The molecule has 1 fully saturated rings. The predicted molar refractivity (Wildman–Crippen MR) is 77.9 cm³/mol. The van der Waals surface area contributed by atoms with Crippen molar-refractivity contribution in [2.45, 2.75) is 31.8 Å². The van der Waals surface area contributed by atoms with Gasteiger partial charge in [-0.3, -0.25) is 0 Å². The van der Waals surface area contributed by atoms with E-state index in [9.17, 15) is 13.2 Å². The second-order valence-corrected chi connectivity index (χ2v) is 5.43. The quantitative estimate of drug-likeness (QED) is 0.940. The molecule has 0 aliphatic carbocycles. The fourth-order valence-corrected chi connectivity index (χ4v) is 2.79. The zero-order valence-corrected chi connectivity index (χ0v) is 12.6. The van der Waals surface area contributed by atoms with E-state index in [1.807, 2.05) is 11.5 Å². The summed E-state index contributed by atoms with van der Waals surface area (Å²) in [6, 6.07) is 2.99. The van der Waals surface area contributed by atoms with Crippen molar-refractivity contribution >= 4 is 11.0 Å². The molecule has 2 N–H and O–H groups in total. The molecule has 0 amide bonds. The van der Waals surface area contributed by atoms with Crippen molar-refractivity contribution in [2.75, 3.05) is 19.8 Å². The summed E-state index contributed by atoms with van der Waals surface area (Å²) in [6.07, 6.45) is -4.75. The lowest BCUT2D eigenvalue weighted by atomic mass is 10.1. The molecule has 0 bridgehead atoms. The lowest BCUT2D eigenvalue weighted by Gasteiger charge is -2.27. The average molecular weight is 329 g/mol. The van der Waals surface area contributed by atoms with E-state index in [2.05, 4.69) is 4.98 Å². The summed E-state index contributed by atoms with van der Waals surface area (Å²) in [6.45, 7) is 3.76. The van der Waals surface area contributed by atoms with Crippen LogP contribution in [0.5, 0.6) is 0 Å². The van der Waals surface area contributed by atoms with Gasteiger partial charge in [-0.25, -0.2) is 4.98 Å². The number of nitrogens with two attached hydrogens (primary N) is 1. The molecule has 1 saturated heterocycles. The monoisotopic (exact) mass is 329 g/mol. The van der Waals surface area contributed by atoms with E-state index in [0.717, 1.165) is 12.1 Å². The highest BCUT2D eigenvalue weighted by Crippen LogP contribution is 2.32. The maximum absolute atomic E-state index is 12.9. The number of rotatable bonds is 3. The molecular weight excluding hydrogens is 311 g/mol. The van der Waals surface area contributed by atoms with Crippen LogP contribution in [0.4, 0.5) is 13.2 Å². The Morgan fingerprint density at radius 2 is 2.17 bits per heavy atom. The van der Waals surface area contributed by atoms with Gasteiger partial charge in [0, 0.05) is 6.54 Å². The maximum Gasteiger partial charge on any atom is 0.416 e. The number of nitrogens with zero attached hydrogens (tertiary/aromatic N) is 2. The minimum atomic E-state index is -4.40. The number of aryl methyl sites for hydroxylation is 1. The summed E-state index contributed by atoms with van der Waals surface area (Å²) in [5.74, 6) is 0.511. The first-order valence-electron chi connectivity index (χ1n) is 7.44. The van der Waals surface area contributed by atoms with Crippen LogP contribution in [-0.4, -0.2) is 35.5 Å². The third-order valence-electron chi connectivity index (χ3n) is 3.96. The molecule has 5 nitrogen and oxygen atoms in total. The molecule has 0 unspecified atom stereocenters. The lowest BCUT2D eigenvalue weighted by molar-refractivity contribution is -0.137. The first-order valence-corrected chi connectivity index (χ1v) is 7.44. The summed E-state index contributed by atoms with van der Waals surface area (Å²) in [7, 11) is 0. The van der Waals surface area contributed by atoms with Crippen molar-refractivity contribution in [3.63, 3.8) is 0 Å². The molecule has 8 heteroatoms. The molecular formula is C15H18F3N3O2. The number of alkyl halides is 3. The number of halogens is 3. The Labute approximate surface area is 131 Å². The second-order valence-electron chi connectivity index (χ2n) is 5.43. The van der Waals surface area contributed by atoms with Crippen LogP contribution in [0.1, 0.15) is 24.4 Å². The molecule has 0 spiro atoms. The molecule has 1 aliphatic heterocycles. The Bertz CT molecular complexity index is 693. The highest BCUT2D eigenvalue weighted by Gasteiger charge is 2.32. The Kier molecular flexibility index (Phi) is 4.31. The van der Waals surface area contributed by atoms with Gasteiger partial charge in [0.05, 0.1) is 42.5 Å². The summed E-state index contributed by atoms with van der Waals surface area (Å²) in [5, 5.41) is 0. The van der Waals surface area contributed by atoms with E-state index in [4.69, 9.17) is 15.2 Å². The Morgan fingerprint density at radius 3 is 2.78 bits per heavy atom. The van der Waals surface area contributed by atoms with Crippen LogP contribution in [0, 0.1) is 0 Å². The van der Waals surface area contributed by atoms with Crippen molar-refractivity contribution < 1.29 is 22.6 Å². The molecule has 1 aromatic carbocycles. The van der Waals surface area contributed by atoms with Crippen LogP contribution in [0.25, 0.3) is 11.0 Å². The van der Waals surface area contributed by atoms with Crippen LogP contribution in [0.3, 0.4) is 0 Å². The molecule has 1 aliphatic rings. The van der Waals surface area contributed by atoms with Gasteiger partial charge in [0.2, 0.25) is 0 Å². The highest BCUT2D eigenvalue weighted by molar-refractivity contribution is 5.77. The summed E-state index contributed by atoms with van der Waals surface area (Å²) >= 11 is 0. The highest BCUT2D eigenvalue weighted by atomic mass is 19.4. The second kappa shape index (κ2) is 6.10. The average Bonchev–Trinajstić information content (AvgIpc) is 2.91. The third-order valence-corrected chi connectivity index (χ3v) is 3.96. The van der Waals surface area contributed by atoms with Crippen LogP contribution in [0.15, 0.2) is 18.2 Å². The van der Waals surface area contributed by atoms with E-state index in [1.165, 1.54) is 6.07 Å². The zero-order chi connectivity index (χ0) is 16.6. The van der Waals surface area contributed by atoms with Crippen LogP contribution in [0.2, 0.25) is 0 Å². The van der Waals surface area contributed by atoms with Gasteiger partial charge >= 0.3 is 6.18 Å². The standard InChI is InChI=1S/C15H18F3N3O2/c1-2-21-11-4-3-9(15(16,17)18)7-10(11)20-14(21)13(19)12-8-22-5-6-23-12/h3-4,7,12-13H,2,5-6,8,19H2,1H3/t12-,13+/m1/s1. The van der Waals surface area contributed by atoms with Crippen molar-refractivity contribution in [2.24, 2.45) is 5.73 Å². The van der Waals surface area contributed by atoms with Crippen molar-refractivity contribution in [3.8, 4) is 0 Å². The van der Waals surface area contributed by atoms with Crippen LogP contribution >= 0.6 is 0 Å². The molecule has 2 heterocycles. The van der Waals surface area contributed by atoms with E-state index in [1.54, 1.807) is 0 Å².